The first-order chi connectivity index (χ1) is 14.0. The van der Waals surface area contributed by atoms with E-state index in [1.54, 1.807) is 11.3 Å². The number of nitrogens with zero attached hydrogens (tertiary/aromatic N) is 2. The minimum absolute atomic E-state index is 0.0498. The van der Waals surface area contributed by atoms with Gasteiger partial charge in [0.05, 0.1) is 18.7 Å². The quantitative estimate of drug-likeness (QED) is 0.367. The maximum absolute atomic E-state index is 5.78. The van der Waals surface area contributed by atoms with E-state index < -0.39 is 0 Å². The van der Waals surface area contributed by atoms with Crippen molar-refractivity contribution in [2.75, 3.05) is 19.7 Å². The third-order valence-electron chi connectivity index (χ3n) is 4.07. The van der Waals surface area contributed by atoms with Crippen molar-refractivity contribution in [1.29, 1.82) is 0 Å². The molecule has 154 valence electrons. The molecule has 0 aliphatic carbocycles. The third-order valence-corrected chi connectivity index (χ3v) is 4.81. The van der Waals surface area contributed by atoms with Crippen LogP contribution in [0.2, 0.25) is 0 Å². The second-order valence-electron chi connectivity index (χ2n) is 7.89. The van der Waals surface area contributed by atoms with Gasteiger partial charge in [-0.05, 0) is 50.6 Å². The van der Waals surface area contributed by atoms with Gasteiger partial charge in [-0.1, -0.05) is 55.2 Å². The lowest BCUT2D eigenvalue weighted by atomic mass is 9.98. The summed E-state index contributed by atoms with van der Waals surface area (Å²) in [5.74, 6) is 6.37. The number of aromatic nitrogens is 1. The first kappa shape index (κ1) is 23.1. The number of hydrogen-bond donors (Lipinski definition) is 0. The fraction of sp³-hybridized carbons (Fsp3) is 0.400. The van der Waals surface area contributed by atoms with Gasteiger partial charge in [-0.25, -0.2) is 0 Å². The first-order valence-electron chi connectivity index (χ1n) is 10.1. The van der Waals surface area contributed by atoms with Crippen LogP contribution in [0, 0.1) is 17.3 Å². The van der Waals surface area contributed by atoms with Crippen LogP contribution in [0.25, 0.3) is 6.08 Å². The number of rotatable bonds is 10. The van der Waals surface area contributed by atoms with Gasteiger partial charge in [0.2, 0.25) is 0 Å². The van der Waals surface area contributed by atoms with Crippen LogP contribution in [0.5, 0.6) is 0 Å². The molecule has 2 rings (SSSR count). The predicted molar refractivity (Wildman–Crippen MR) is 125 cm³/mol. The Labute approximate surface area is 180 Å². The summed E-state index contributed by atoms with van der Waals surface area (Å²) in [5, 5.41) is 0. The van der Waals surface area contributed by atoms with E-state index in [4.69, 9.17) is 4.74 Å². The summed E-state index contributed by atoms with van der Waals surface area (Å²) in [6, 6.07) is 8.64. The molecule has 0 aliphatic heterocycles. The Hall–Kier alpha value is -2.19. The maximum Gasteiger partial charge on any atom is 0.0797 e. The summed E-state index contributed by atoms with van der Waals surface area (Å²) < 4.78 is 5.78. The van der Waals surface area contributed by atoms with Crippen LogP contribution in [0.15, 0.2) is 54.2 Å². The Kier molecular flexibility index (Phi) is 9.87. The predicted octanol–water partition coefficient (Wildman–Crippen LogP) is 5.80. The summed E-state index contributed by atoms with van der Waals surface area (Å²) in [4.78, 5) is 7.60. The van der Waals surface area contributed by atoms with Crippen molar-refractivity contribution >= 4 is 17.4 Å². The van der Waals surface area contributed by atoms with E-state index in [0.717, 1.165) is 24.5 Å². The molecule has 29 heavy (non-hydrogen) atoms. The highest BCUT2D eigenvalue weighted by atomic mass is 32.1. The Morgan fingerprint density at radius 1 is 1.21 bits per heavy atom. The maximum atomic E-state index is 5.78. The highest BCUT2D eigenvalue weighted by Crippen LogP contribution is 2.11. The van der Waals surface area contributed by atoms with E-state index in [1.807, 2.05) is 29.9 Å². The van der Waals surface area contributed by atoms with Gasteiger partial charge in [0, 0.05) is 29.6 Å². The molecule has 0 spiro atoms. The molecule has 0 saturated carbocycles. The molecule has 3 nitrogen and oxygen atoms in total. The highest BCUT2D eigenvalue weighted by molar-refractivity contribution is 7.10. The van der Waals surface area contributed by atoms with Gasteiger partial charge >= 0.3 is 0 Å². The molecule has 0 saturated heterocycles. The van der Waals surface area contributed by atoms with Gasteiger partial charge in [-0.3, -0.25) is 9.88 Å². The zero-order valence-corrected chi connectivity index (χ0v) is 18.8. The first-order valence-corrected chi connectivity index (χ1v) is 10.9. The molecular weight excluding hydrogens is 376 g/mol. The SMILES string of the molecule is CCN(C/C=C/C#CC(C)(C)C)Cc1cccc(COC/C=C/c2cncs2)c1. The number of likely N-dealkylation sites (N-methyl/N-ethyl adjacent to an activating group) is 1. The normalized spacial score (nSPS) is 12.0. The standard InChI is InChI=1S/C25H32N2OS/c1-5-27(15-8-6-7-14-25(2,3)4)19-22-11-9-12-23(17-22)20-28-16-10-13-24-18-26-21-29-24/h6,8-13,17-18,21H,5,15-16,19-20H2,1-4H3/b8-6+,13-10+. The smallest absolute Gasteiger partial charge is 0.0797 e. The minimum Gasteiger partial charge on any atom is -0.373 e. The molecule has 0 radical (unpaired) electrons. The van der Waals surface area contributed by atoms with Gasteiger partial charge in [0.1, 0.15) is 0 Å². The van der Waals surface area contributed by atoms with Gasteiger partial charge in [-0.2, -0.15) is 0 Å². The molecule has 4 heteroatoms. The average Bonchev–Trinajstić information content (AvgIpc) is 3.19. The molecule has 1 aromatic heterocycles. The van der Waals surface area contributed by atoms with Crippen LogP contribution in [0.1, 0.15) is 43.7 Å². The molecule has 0 N–H and O–H groups in total. The Morgan fingerprint density at radius 2 is 2.03 bits per heavy atom. The zero-order valence-electron chi connectivity index (χ0n) is 18.0. The minimum atomic E-state index is 0.0498. The molecular formula is C25H32N2OS. The van der Waals surface area contributed by atoms with E-state index in [9.17, 15) is 0 Å². The van der Waals surface area contributed by atoms with Crippen LogP contribution in [0.4, 0.5) is 0 Å². The van der Waals surface area contributed by atoms with Crippen molar-refractivity contribution in [2.24, 2.45) is 5.41 Å². The van der Waals surface area contributed by atoms with Gasteiger partial charge < -0.3 is 4.74 Å². The largest absolute Gasteiger partial charge is 0.373 e. The fourth-order valence-corrected chi connectivity index (χ4v) is 3.16. The summed E-state index contributed by atoms with van der Waals surface area (Å²) in [7, 11) is 0. The molecule has 0 bridgehead atoms. The van der Waals surface area contributed by atoms with Crippen LogP contribution >= 0.6 is 11.3 Å². The number of hydrogen-bond acceptors (Lipinski definition) is 4. The zero-order chi connectivity index (χ0) is 21.0. The summed E-state index contributed by atoms with van der Waals surface area (Å²) >= 11 is 1.63. The Bertz CT molecular complexity index is 836. The van der Waals surface area contributed by atoms with Gasteiger partial charge in [0.25, 0.3) is 0 Å². The van der Waals surface area contributed by atoms with E-state index in [0.29, 0.717) is 13.2 Å². The second kappa shape index (κ2) is 12.4. The average molecular weight is 409 g/mol. The van der Waals surface area contributed by atoms with Gasteiger partial charge in [-0.15, -0.1) is 11.3 Å². The molecule has 0 aliphatic rings. The van der Waals surface area contributed by atoms with Crippen LogP contribution < -0.4 is 0 Å². The van der Waals surface area contributed by atoms with Crippen molar-refractivity contribution in [3.63, 3.8) is 0 Å². The monoisotopic (exact) mass is 408 g/mol. The number of thiazole rings is 1. The molecule has 0 amide bonds. The lowest BCUT2D eigenvalue weighted by Gasteiger charge is -2.18. The van der Waals surface area contributed by atoms with Crippen molar-refractivity contribution < 1.29 is 4.74 Å². The van der Waals surface area contributed by atoms with Crippen molar-refractivity contribution in [1.82, 2.24) is 9.88 Å². The van der Waals surface area contributed by atoms with E-state index in [2.05, 4.69) is 79.8 Å². The Morgan fingerprint density at radius 3 is 2.76 bits per heavy atom. The molecule has 0 fully saturated rings. The lowest BCUT2D eigenvalue weighted by molar-refractivity contribution is 0.149. The number of allylic oxidation sites excluding steroid dienone is 1. The van der Waals surface area contributed by atoms with Gasteiger partial charge in [0.15, 0.2) is 0 Å². The summed E-state index contributed by atoms with van der Waals surface area (Å²) in [6.07, 6.45) is 10.1. The van der Waals surface area contributed by atoms with E-state index >= 15 is 0 Å². The molecule has 2 aromatic rings. The van der Waals surface area contributed by atoms with Crippen LogP contribution in [-0.2, 0) is 17.9 Å². The van der Waals surface area contributed by atoms with Crippen LogP contribution in [-0.4, -0.2) is 29.6 Å². The summed E-state index contributed by atoms with van der Waals surface area (Å²) in [5.41, 5.74) is 4.40. The van der Waals surface area contributed by atoms with Crippen molar-refractivity contribution in [3.8, 4) is 11.8 Å². The van der Waals surface area contributed by atoms with E-state index in [1.165, 1.54) is 11.1 Å². The summed E-state index contributed by atoms with van der Waals surface area (Å²) in [6.45, 7) is 12.6. The third kappa shape index (κ3) is 10.2. The second-order valence-corrected chi connectivity index (χ2v) is 8.81. The number of ether oxygens (including phenoxy) is 1. The lowest BCUT2D eigenvalue weighted by Crippen LogP contribution is -2.22. The molecule has 1 heterocycles. The fourth-order valence-electron chi connectivity index (χ4n) is 2.62. The topological polar surface area (TPSA) is 25.4 Å². The Balaban J connectivity index is 1.79. The molecule has 0 atom stereocenters. The highest BCUT2D eigenvalue weighted by Gasteiger charge is 2.04. The van der Waals surface area contributed by atoms with Crippen molar-refractivity contribution in [2.45, 2.75) is 40.8 Å². The number of benzene rings is 1. The van der Waals surface area contributed by atoms with E-state index in [-0.39, 0.29) is 5.41 Å². The van der Waals surface area contributed by atoms with Crippen LogP contribution in [0.3, 0.4) is 0 Å². The molecule has 1 aromatic carbocycles. The van der Waals surface area contributed by atoms with Crippen molar-refractivity contribution in [3.05, 3.63) is 70.2 Å². The molecule has 0 unspecified atom stereocenters.